The summed E-state index contributed by atoms with van der Waals surface area (Å²) < 4.78 is 6.69. The fourth-order valence-corrected chi connectivity index (χ4v) is 7.34. The fraction of sp³-hybridized carbons (Fsp3) is 0.531. The van der Waals surface area contributed by atoms with Gasteiger partial charge in [0.2, 0.25) is 17.7 Å². The smallest absolute Gasteiger partial charge is 0.250 e. The zero-order chi connectivity index (χ0) is 29.4. The predicted molar refractivity (Wildman–Crippen MR) is 157 cm³/mol. The number of amides is 3. The lowest BCUT2D eigenvalue weighted by Crippen LogP contribution is -2.54. The lowest BCUT2D eigenvalue weighted by Gasteiger charge is -2.37. The molecule has 3 saturated heterocycles. The molecule has 3 aliphatic rings. The SMILES string of the molecule is CCCNC(=O)[C@@H]1[C@H]2C(=O)N([C@H](CO)c3ccccc3)C(C(=O)Nc3ccc(N(CC)CC)cc3)C23CC[C@@]1(C)O3. The molecule has 2 aromatic rings. The third-order valence-corrected chi connectivity index (χ3v) is 9.25. The van der Waals surface area contributed by atoms with E-state index in [1.807, 2.05) is 68.4 Å². The normalized spacial score (nSPS) is 28.9. The summed E-state index contributed by atoms with van der Waals surface area (Å²) in [6, 6.07) is 15.1. The van der Waals surface area contributed by atoms with Crippen LogP contribution in [-0.4, -0.2) is 71.2 Å². The van der Waals surface area contributed by atoms with Gasteiger partial charge in [0.05, 0.1) is 30.1 Å². The molecule has 41 heavy (non-hydrogen) atoms. The van der Waals surface area contributed by atoms with Crippen LogP contribution in [0.25, 0.3) is 0 Å². The van der Waals surface area contributed by atoms with Crippen molar-refractivity contribution in [3.63, 3.8) is 0 Å². The Morgan fingerprint density at radius 3 is 2.34 bits per heavy atom. The van der Waals surface area contributed by atoms with Crippen LogP contribution < -0.4 is 15.5 Å². The van der Waals surface area contributed by atoms with Gasteiger partial charge < -0.3 is 30.3 Å². The quantitative estimate of drug-likeness (QED) is 0.387. The van der Waals surface area contributed by atoms with Gasteiger partial charge in [0.1, 0.15) is 11.6 Å². The number of carbonyl (C=O) groups is 3. The third kappa shape index (κ3) is 4.78. The van der Waals surface area contributed by atoms with Crippen LogP contribution in [0, 0.1) is 11.8 Å². The minimum Gasteiger partial charge on any atom is -0.394 e. The fourth-order valence-electron chi connectivity index (χ4n) is 7.34. The molecule has 3 amide bonds. The van der Waals surface area contributed by atoms with Gasteiger partial charge >= 0.3 is 0 Å². The molecule has 5 rings (SSSR count). The highest BCUT2D eigenvalue weighted by atomic mass is 16.5. The van der Waals surface area contributed by atoms with E-state index in [0.717, 1.165) is 25.2 Å². The van der Waals surface area contributed by atoms with E-state index in [2.05, 4.69) is 29.4 Å². The first-order valence-corrected chi connectivity index (χ1v) is 14.9. The predicted octanol–water partition coefficient (Wildman–Crippen LogP) is 3.50. The summed E-state index contributed by atoms with van der Waals surface area (Å²) >= 11 is 0. The molecule has 3 heterocycles. The molecule has 3 fully saturated rings. The van der Waals surface area contributed by atoms with Crippen molar-refractivity contribution in [3.8, 4) is 0 Å². The molecule has 3 aliphatic heterocycles. The lowest BCUT2D eigenvalue weighted by molar-refractivity contribution is -0.148. The van der Waals surface area contributed by atoms with E-state index in [1.54, 1.807) is 0 Å². The monoisotopic (exact) mass is 562 g/mol. The maximum atomic E-state index is 14.4. The van der Waals surface area contributed by atoms with Crippen molar-refractivity contribution in [2.75, 3.05) is 36.5 Å². The highest BCUT2D eigenvalue weighted by molar-refractivity contribution is 6.04. The molecule has 9 nitrogen and oxygen atoms in total. The number of aliphatic hydroxyl groups excluding tert-OH is 1. The molecule has 0 radical (unpaired) electrons. The van der Waals surface area contributed by atoms with Crippen molar-refractivity contribution in [2.24, 2.45) is 11.8 Å². The first-order valence-electron chi connectivity index (χ1n) is 14.9. The summed E-state index contributed by atoms with van der Waals surface area (Å²) in [5.74, 6) is -2.48. The molecule has 2 unspecified atom stereocenters. The van der Waals surface area contributed by atoms with E-state index in [1.165, 1.54) is 4.90 Å². The molecule has 0 aromatic heterocycles. The summed E-state index contributed by atoms with van der Waals surface area (Å²) in [4.78, 5) is 45.8. The number of carbonyl (C=O) groups excluding carboxylic acids is 3. The Hall–Kier alpha value is -3.43. The second kappa shape index (κ2) is 11.4. The molecule has 1 spiro atoms. The van der Waals surface area contributed by atoms with Crippen molar-refractivity contribution in [1.29, 1.82) is 0 Å². The van der Waals surface area contributed by atoms with E-state index in [9.17, 15) is 19.5 Å². The van der Waals surface area contributed by atoms with Crippen molar-refractivity contribution in [3.05, 3.63) is 60.2 Å². The van der Waals surface area contributed by atoms with Gasteiger partial charge in [0, 0.05) is 31.0 Å². The van der Waals surface area contributed by atoms with Crippen LogP contribution in [-0.2, 0) is 19.1 Å². The molecule has 2 aromatic carbocycles. The van der Waals surface area contributed by atoms with Gasteiger partial charge in [-0.2, -0.15) is 0 Å². The van der Waals surface area contributed by atoms with E-state index in [-0.39, 0.29) is 24.3 Å². The molecular weight excluding hydrogens is 520 g/mol. The minimum atomic E-state index is -1.17. The molecule has 2 bridgehead atoms. The second-order valence-electron chi connectivity index (χ2n) is 11.6. The number of rotatable bonds is 11. The van der Waals surface area contributed by atoms with Gasteiger partial charge in [-0.3, -0.25) is 14.4 Å². The minimum absolute atomic E-state index is 0.220. The van der Waals surface area contributed by atoms with Crippen molar-refractivity contribution < 1.29 is 24.2 Å². The molecular formula is C32H42N4O5. The van der Waals surface area contributed by atoms with Gasteiger partial charge in [0.15, 0.2) is 0 Å². The van der Waals surface area contributed by atoms with E-state index in [0.29, 0.717) is 30.6 Å². The molecule has 0 saturated carbocycles. The number of hydrogen-bond donors (Lipinski definition) is 3. The third-order valence-electron chi connectivity index (χ3n) is 9.25. The summed E-state index contributed by atoms with van der Waals surface area (Å²) in [6.07, 6.45) is 1.80. The maximum Gasteiger partial charge on any atom is 0.250 e. The number of anilines is 2. The van der Waals surface area contributed by atoms with Crippen LogP contribution in [0.15, 0.2) is 54.6 Å². The van der Waals surface area contributed by atoms with Gasteiger partial charge in [-0.05, 0) is 69.9 Å². The van der Waals surface area contributed by atoms with Gasteiger partial charge in [0.25, 0.3) is 0 Å². The number of likely N-dealkylation sites (tertiary alicyclic amines) is 1. The first-order chi connectivity index (χ1) is 19.7. The van der Waals surface area contributed by atoms with Crippen LogP contribution in [0.2, 0.25) is 0 Å². The number of ether oxygens (including phenoxy) is 1. The second-order valence-corrected chi connectivity index (χ2v) is 11.6. The molecule has 3 N–H and O–H groups in total. The van der Waals surface area contributed by atoms with Crippen LogP contribution in [0.3, 0.4) is 0 Å². The number of hydrogen-bond acceptors (Lipinski definition) is 6. The van der Waals surface area contributed by atoms with Crippen molar-refractivity contribution >= 4 is 29.1 Å². The van der Waals surface area contributed by atoms with Gasteiger partial charge in [-0.15, -0.1) is 0 Å². The topological polar surface area (TPSA) is 111 Å². The molecule has 220 valence electrons. The standard InChI is InChI=1S/C32H42N4O5/c1-5-19-33-28(38)25-26-30(40)36(24(20-37)21-11-9-8-10-12-21)27(32(26)18-17-31(25,4)41-32)29(39)34-22-13-15-23(16-14-22)35(6-2)7-3/h8-16,24-27,37H,5-7,17-20H2,1-4H3,(H,33,38)(H,34,39)/t24-,25+,26+,27?,31-,32?/m1/s1. The van der Waals surface area contributed by atoms with Gasteiger partial charge in [-0.1, -0.05) is 37.3 Å². The number of nitrogens with zero attached hydrogens (tertiary/aromatic N) is 2. The Bertz CT molecular complexity index is 1270. The Morgan fingerprint density at radius 1 is 1.05 bits per heavy atom. The van der Waals surface area contributed by atoms with Crippen molar-refractivity contribution in [1.82, 2.24) is 10.2 Å². The van der Waals surface area contributed by atoms with E-state index < -0.39 is 35.1 Å². The van der Waals surface area contributed by atoms with Crippen LogP contribution >= 0.6 is 0 Å². The number of fused-ring (bicyclic) bond motifs is 1. The maximum absolute atomic E-state index is 14.4. The number of benzene rings is 2. The summed E-state index contributed by atoms with van der Waals surface area (Å²) in [5, 5.41) is 16.6. The van der Waals surface area contributed by atoms with E-state index in [4.69, 9.17) is 4.74 Å². The van der Waals surface area contributed by atoms with Crippen LogP contribution in [0.1, 0.15) is 58.6 Å². The summed E-state index contributed by atoms with van der Waals surface area (Å²) in [7, 11) is 0. The average Bonchev–Trinajstić information content (AvgIpc) is 3.55. The number of aliphatic hydroxyl groups is 1. The van der Waals surface area contributed by atoms with Crippen LogP contribution in [0.5, 0.6) is 0 Å². The lowest BCUT2D eigenvalue weighted by atomic mass is 9.66. The van der Waals surface area contributed by atoms with Crippen molar-refractivity contribution in [2.45, 2.75) is 70.2 Å². The average molecular weight is 563 g/mol. The Labute approximate surface area is 242 Å². The Balaban J connectivity index is 1.54. The zero-order valence-electron chi connectivity index (χ0n) is 24.4. The Kier molecular flexibility index (Phi) is 8.12. The first kappa shape index (κ1) is 29.1. The van der Waals surface area contributed by atoms with E-state index >= 15 is 0 Å². The van der Waals surface area contributed by atoms with Gasteiger partial charge in [-0.25, -0.2) is 0 Å². The largest absolute Gasteiger partial charge is 0.394 e. The molecule has 0 aliphatic carbocycles. The highest BCUT2D eigenvalue weighted by Crippen LogP contribution is 2.64. The summed E-state index contributed by atoms with van der Waals surface area (Å²) in [6.45, 7) is 9.92. The zero-order valence-corrected chi connectivity index (χ0v) is 24.4. The van der Waals surface area contributed by atoms with Crippen LogP contribution in [0.4, 0.5) is 11.4 Å². The molecule has 6 atom stereocenters. The number of nitrogens with one attached hydrogen (secondary N) is 2. The summed E-state index contributed by atoms with van der Waals surface area (Å²) in [5.41, 5.74) is 0.354. The Morgan fingerprint density at radius 2 is 1.73 bits per heavy atom. The highest BCUT2D eigenvalue weighted by Gasteiger charge is 2.78. The molecule has 9 heteroatoms.